The van der Waals surface area contributed by atoms with Crippen molar-refractivity contribution in [2.24, 2.45) is 23.7 Å². The van der Waals surface area contributed by atoms with Gasteiger partial charge in [0.15, 0.2) is 11.0 Å². The summed E-state index contributed by atoms with van der Waals surface area (Å²) in [4.78, 5) is 7.67. The topological polar surface area (TPSA) is 39.1 Å². The van der Waals surface area contributed by atoms with Gasteiger partial charge in [0, 0.05) is 45.6 Å². The molecule has 0 radical (unpaired) electrons. The van der Waals surface area contributed by atoms with Crippen molar-refractivity contribution in [2.45, 2.75) is 37.5 Å². The van der Waals surface area contributed by atoms with Gasteiger partial charge < -0.3 is 9.55 Å². The van der Waals surface area contributed by atoms with Crippen molar-refractivity contribution in [3.8, 4) is 50.9 Å². The number of rotatable bonds is 9. The molecule has 2 aliphatic heterocycles. The molecule has 4 fully saturated rings. The first-order valence-electron chi connectivity index (χ1n) is 26.2. The molecule has 350 valence electrons. The van der Waals surface area contributed by atoms with Gasteiger partial charge in [-0.05, 0) is 152 Å². The van der Waals surface area contributed by atoms with Crippen molar-refractivity contribution in [3.63, 3.8) is 0 Å². The van der Waals surface area contributed by atoms with E-state index in [9.17, 15) is 0 Å². The van der Waals surface area contributed by atoms with Gasteiger partial charge in [-0.2, -0.15) is 9.13 Å². The minimum absolute atomic E-state index is 0.0634. The Bertz CT molecular complexity index is 3850. The van der Waals surface area contributed by atoms with Crippen LogP contribution in [0.3, 0.4) is 0 Å². The zero-order valence-corrected chi connectivity index (χ0v) is 40.6. The van der Waals surface area contributed by atoms with E-state index in [0.717, 1.165) is 62.6 Å². The lowest BCUT2D eigenvalue weighted by Crippen LogP contribution is -2.60. The maximum absolute atomic E-state index is 6.94. The summed E-state index contributed by atoms with van der Waals surface area (Å²) in [6.45, 7) is 0.219. The quantitative estimate of drug-likeness (QED) is 0.107. The van der Waals surface area contributed by atoms with Crippen molar-refractivity contribution < 1.29 is 9.30 Å². The van der Waals surface area contributed by atoms with Crippen LogP contribution in [-0.2, 0) is 5.41 Å². The van der Waals surface area contributed by atoms with Crippen molar-refractivity contribution >= 4 is 39.7 Å². The Hall–Kier alpha value is -8.42. The van der Waals surface area contributed by atoms with Gasteiger partial charge in [-0.25, -0.2) is 4.98 Å². The molecule has 4 aliphatic carbocycles. The first kappa shape index (κ1) is 42.3. The third kappa shape index (κ3) is 6.71. The molecule has 6 nitrogen and oxygen atoms in total. The van der Waals surface area contributed by atoms with Gasteiger partial charge in [0.25, 0.3) is 6.33 Å². The van der Waals surface area contributed by atoms with Gasteiger partial charge in [-0.3, -0.25) is 4.57 Å². The third-order valence-corrected chi connectivity index (χ3v) is 17.2. The summed E-state index contributed by atoms with van der Waals surface area (Å²) in [6, 6.07) is 65.4. The lowest BCUT2D eigenvalue weighted by Gasteiger charge is -2.63. The average molecular weight is 943 g/mol. The van der Waals surface area contributed by atoms with Gasteiger partial charge in [-0.1, -0.05) is 139 Å². The Balaban J connectivity index is 0.829. The summed E-state index contributed by atoms with van der Waals surface area (Å²) >= 11 is 0. The Morgan fingerprint density at radius 1 is 0.562 bits per heavy atom. The Kier molecular flexibility index (Phi) is 9.76. The molecule has 0 N–H and O–H groups in total. The number of benzene rings is 7. The number of ether oxygens (including phenoxy) is 1. The molecular weight excluding hydrogens is 890 g/mol. The van der Waals surface area contributed by atoms with Gasteiger partial charge in [-0.15, -0.1) is 0 Å². The molecule has 0 amide bonds. The number of hydrogen-bond donors (Lipinski definition) is 0. The number of imidazole rings is 1. The van der Waals surface area contributed by atoms with E-state index in [2.05, 4.69) is 256 Å². The molecule has 73 heavy (non-hydrogen) atoms. The van der Waals surface area contributed by atoms with Crippen LogP contribution in [-0.4, -0.2) is 25.8 Å². The zero-order valence-electron chi connectivity index (χ0n) is 40.6. The highest BCUT2D eigenvalue weighted by atomic mass is 16.5. The van der Waals surface area contributed by atoms with E-state index in [4.69, 9.17) is 9.72 Å². The lowest BCUT2D eigenvalue weighted by molar-refractivity contribution is -0.566. The fourth-order valence-corrected chi connectivity index (χ4v) is 14.6. The van der Waals surface area contributed by atoms with Crippen LogP contribution in [0, 0.1) is 23.7 Å². The number of para-hydroxylation sites is 4. The second-order valence-corrected chi connectivity index (χ2v) is 21.1. The second kappa shape index (κ2) is 16.8. The molecule has 7 aromatic carbocycles. The van der Waals surface area contributed by atoms with Crippen LogP contribution in [0.25, 0.3) is 72.3 Å². The van der Waals surface area contributed by atoms with Crippen LogP contribution in [0.4, 0.5) is 0 Å². The molecule has 10 aromatic rings. The number of fused-ring (bicyclic) bond motifs is 5. The number of allylic oxidation sites excluding steroid dienone is 5. The maximum Gasteiger partial charge on any atom is 0.316 e. The summed E-state index contributed by atoms with van der Waals surface area (Å²) in [5, 5.41) is 2.38. The highest BCUT2D eigenvalue weighted by Crippen LogP contribution is 2.66. The lowest BCUT2D eigenvalue weighted by atomic mass is 9.33. The minimum atomic E-state index is -0.0634. The van der Waals surface area contributed by atoms with E-state index in [1.54, 1.807) is 5.47 Å². The molecule has 4 saturated carbocycles. The van der Waals surface area contributed by atoms with Gasteiger partial charge in [0.05, 0.1) is 11.0 Å². The van der Waals surface area contributed by atoms with Gasteiger partial charge in [0.1, 0.15) is 28.7 Å². The van der Waals surface area contributed by atoms with Crippen molar-refractivity contribution in [2.75, 3.05) is 0 Å². The largest absolute Gasteiger partial charge is 0.457 e. The highest BCUT2D eigenvalue weighted by molar-refractivity contribution is 6.70. The summed E-state index contributed by atoms with van der Waals surface area (Å²) in [5.41, 5.74) is 14.1. The van der Waals surface area contributed by atoms with Gasteiger partial charge >= 0.3 is 6.85 Å². The first-order valence-corrected chi connectivity index (χ1v) is 26.2. The van der Waals surface area contributed by atoms with E-state index in [1.165, 1.54) is 70.7 Å². The molecule has 7 heteroatoms. The molecule has 5 heterocycles. The van der Waals surface area contributed by atoms with E-state index in [1.807, 2.05) is 0 Å². The zero-order chi connectivity index (χ0) is 48.0. The molecular formula is C66H53BN5O+. The van der Waals surface area contributed by atoms with Crippen LogP contribution in [0.2, 0.25) is 0 Å². The Morgan fingerprint density at radius 2 is 1.23 bits per heavy atom. The fourth-order valence-electron chi connectivity index (χ4n) is 14.6. The summed E-state index contributed by atoms with van der Waals surface area (Å²) < 4.78 is 14.0. The van der Waals surface area contributed by atoms with E-state index >= 15 is 0 Å². The summed E-state index contributed by atoms with van der Waals surface area (Å²) in [6.07, 6.45) is 24.7. The number of nitrogens with zero attached hydrogens (tertiary/aromatic N) is 5. The molecule has 6 aliphatic rings. The molecule has 0 spiro atoms. The predicted octanol–water partition coefficient (Wildman–Crippen LogP) is 15.1. The van der Waals surface area contributed by atoms with Crippen molar-refractivity contribution in [1.82, 2.24) is 18.9 Å². The van der Waals surface area contributed by atoms with E-state index in [-0.39, 0.29) is 12.3 Å². The molecule has 16 rings (SSSR count). The standard InChI is InChI=1S/C66H53BN5O/c1-3-16-47(17-4-1)55-23-14-24-56(48-18-5-2-6-19-48)65(55)71-44-70(60-26-9-10-27-61(60)71)52-20-13-21-53(42-52)73-54-29-30-58-57-22-7-8-25-59(57)72(62(58)43-54)64-41-49(31-33-68-64)66(50-37-45-36-46(39-50)40-51(66)38-45)63-28-15-35-69-34-12-11-32-67(63)69/h1-35,41-46,50-51H,36-40H2/q+1. The monoisotopic (exact) mass is 942 g/mol. The van der Waals surface area contributed by atoms with E-state index in [0.29, 0.717) is 11.8 Å². The number of pyridine rings is 1. The van der Waals surface area contributed by atoms with Gasteiger partial charge in [0.2, 0.25) is 0 Å². The number of aromatic nitrogens is 4. The maximum atomic E-state index is 6.94. The highest BCUT2D eigenvalue weighted by Gasteiger charge is 2.61. The van der Waals surface area contributed by atoms with Crippen LogP contribution in [0.5, 0.6) is 11.5 Å². The summed E-state index contributed by atoms with van der Waals surface area (Å²) in [7, 11) is 0. The van der Waals surface area contributed by atoms with E-state index < -0.39 is 0 Å². The SMILES string of the molecule is C1=CB2C(C3(c4ccnc(-n5c6ccccc6c6ccc(Oc7cccc(-n8c[n+](-c9c(-c%10ccccc%10)cccc9-c9ccccc9)c9ccccc98)c7)cc65)c4)C4CC5CC(C4)CC3C5)=CC=CN2C=C1. The predicted molar refractivity (Wildman–Crippen MR) is 296 cm³/mol. The summed E-state index contributed by atoms with van der Waals surface area (Å²) in [5.74, 6) is 7.82. The minimum Gasteiger partial charge on any atom is -0.457 e. The molecule has 4 bridgehead atoms. The van der Waals surface area contributed by atoms with Crippen LogP contribution >= 0.6 is 0 Å². The smallest absolute Gasteiger partial charge is 0.316 e. The normalized spacial score (nSPS) is 21.6. The molecule has 0 saturated heterocycles. The average Bonchev–Trinajstić information content (AvgIpc) is 3.99. The number of hydrogen-bond acceptors (Lipinski definition) is 3. The first-order chi connectivity index (χ1) is 36.2. The van der Waals surface area contributed by atoms with Crippen LogP contribution < -0.4 is 9.30 Å². The second-order valence-electron chi connectivity index (χ2n) is 21.1. The van der Waals surface area contributed by atoms with Crippen molar-refractivity contribution in [3.05, 3.63) is 248 Å². The Labute approximate surface area is 426 Å². The van der Waals surface area contributed by atoms with Crippen LogP contribution in [0.15, 0.2) is 243 Å². The molecule has 0 atom stereocenters. The fraction of sp³-hybridized carbons (Fsp3) is 0.152. The Morgan fingerprint density at radius 3 is 2.01 bits per heavy atom. The van der Waals surface area contributed by atoms with Crippen molar-refractivity contribution in [1.29, 1.82) is 0 Å². The molecule has 0 unspecified atom stereocenters. The molecule has 3 aromatic heterocycles. The van der Waals surface area contributed by atoms with Crippen LogP contribution in [0.1, 0.15) is 37.7 Å². The third-order valence-electron chi connectivity index (χ3n) is 17.2.